The first-order valence-electron chi connectivity index (χ1n) is 6.05. The molecule has 0 fully saturated rings. The first-order valence-corrected chi connectivity index (χ1v) is 6.05. The first-order chi connectivity index (χ1) is 8.55. The smallest absolute Gasteiger partial charge is 0.126 e. The monoisotopic (exact) mass is 240 g/mol. The number of rotatable bonds is 0. The average molecular weight is 240 g/mol. The highest BCUT2D eigenvalue weighted by atomic mass is 15.4. The van der Waals surface area contributed by atoms with Crippen molar-refractivity contribution in [3.8, 4) is 0 Å². The molecule has 0 bridgehead atoms. The van der Waals surface area contributed by atoms with Crippen molar-refractivity contribution >= 4 is 28.1 Å². The highest BCUT2D eigenvalue weighted by Gasteiger charge is 2.23. The second-order valence-electron chi connectivity index (χ2n) is 5.50. The number of hydrazine groups is 1. The number of fused-ring (bicyclic) bond motifs is 3. The number of nitrogens with one attached hydrogen (secondary N) is 2. The molecule has 1 aliphatic rings. The second-order valence-corrected chi connectivity index (χ2v) is 5.50. The fourth-order valence-electron chi connectivity index (χ4n) is 1.97. The molecule has 0 atom stereocenters. The van der Waals surface area contributed by atoms with Crippen LogP contribution in [0.5, 0.6) is 0 Å². The molecule has 1 aromatic carbocycles. The van der Waals surface area contributed by atoms with Crippen molar-refractivity contribution in [1.82, 2.24) is 10.4 Å². The van der Waals surface area contributed by atoms with E-state index in [1.165, 1.54) is 0 Å². The van der Waals surface area contributed by atoms with Crippen LogP contribution in [0.15, 0.2) is 35.5 Å². The normalized spacial score (nSPS) is 14.5. The summed E-state index contributed by atoms with van der Waals surface area (Å²) in [4.78, 5) is 9.08. The largest absolute Gasteiger partial charge is 0.297 e. The summed E-state index contributed by atoms with van der Waals surface area (Å²) in [6.45, 7) is 6.37. The Morgan fingerprint density at radius 1 is 1.06 bits per heavy atom. The number of pyridine rings is 1. The Bertz CT molecular complexity index is 638. The number of aromatic nitrogens is 1. The van der Waals surface area contributed by atoms with Gasteiger partial charge in [0, 0.05) is 10.8 Å². The predicted molar refractivity (Wildman–Crippen MR) is 75.1 cm³/mol. The number of aliphatic imine (C=N–C) groups is 1. The third kappa shape index (κ3) is 1.70. The molecule has 2 aromatic rings. The molecule has 0 radical (unpaired) electrons. The van der Waals surface area contributed by atoms with Crippen molar-refractivity contribution in [2.45, 2.75) is 20.8 Å². The lowest BCUT2D eigenvalue weighted by molar-refractivity contribution is 0.570. The van der Waals surface area contributed by atoms with E-state index in [9.17, 15) is 0 Å². The molecule has 0 saturated carbocycles. The topological polar surface area (TPSA) is 49.3 Å². The minimum Gasteiger partial charge on any atom is -0.297 e. The lowest BCUT2D eigenvalue weighted by atomic mass is 9.95. The van der Waals surface area contributed by atoms with Crippen LogP contribution in [0.2, 0.25) is 0 Å². The third-order valence-corrected chi connectivity index (χ3v) is 3.00. The van der Waals surface area contributed by atoms with Gasteiger partial charge in [-0.15, -0.1) is 0 Å². The highest BCUT2D eigenvalue weighted by Crippen LogP contribution is 2.34. The van der Waals surface area contributed by atoms with Crippen LogP contribution in [0.25, 0.3) is 10.9 Å². The Morgan fingerprint density at radius 2 is 1.83 bits per heavy atom. The Kier molecular flexibility index (Phi) is 2.26. The molecule has 0 amide bonds. The van der Waals surface area contributed by atoms with Crippen molar-refractivity contribution in [1.29, 1.82) is 0 Å². The Hall–Kier alpha value is -2.10. The number of hydrogen-bond acceptors (Lipinski definition) is 4. The van der Waals surface area contributed by atoms with Crippen LogP contribution in [0.3, 0.4) is 0 Å². The summed E-state index contributed by atoms with van der Waals surface area (Å²) in [5.41, 5.74) is 9.26. The summed E-state index contributed by atoms with van der Waals surface area (Å²) in [5, 5.41) is 1.08. The molecule has 4 heteroatoms. The van der Waals surface area contributed by atoms with Crippen LogP contribution >= 0.6 is 0 Å². The van der Waals surface area contributed by atoms with E-state index < -0.39 is 0 Å². The van der Waals surface area contributed by atoms with E-state index in [2.05, 4.69) is 41.6 Å². The van der Waals surface area contributed by atoms with Crippen LogP contribution in [0.1, 0.15) is 20.8 Å². The predicted octanol–water partition coefficient (Wildman–Crippen LogP) is 3.24. The van der Waals surface area contributed by atoms with Crippen LogP contribution in [0, 0.1) is 5.41 Å². The van der Waals surface area contributed by atoms with Gasteiger partial charge in [0.15, 0.2) is 0 Å². The van der Waals surface area contributed by atoms with E-state index in [0.717, 1.165) is 28.1 Å². The van der Waals surface area contributed by atoms with Gasteiger partial charge in [0.05, 0.1) is 17.4 Å². The summed E-state index contributed by atoms with van der Waals surface area (Å²) in [6, 6.07) is 8.05. The molecule has 4 nitrogen and oxygen atoms in total. The minimum atomic E-state index is -0.0175. The lowest BCUT2D eigenvalue weighted by Gasteiger charge is -2.28. The van der Waals surface area contributed by atoms with E-state index in [0.29, 0.717) is 0 Å². The number of anilines is 1. The molecule has 0 unspecified atom stereocenters. The fraction of sp³-hybridized carbons (Fsp3) is 0.286. The summed E-state index contributed by atoms with van der Waals surface area (Å²) in [6.07, 6.45) is 1.82. The average Bonchev–Trinajstić information content (AvgIpc) is 2.37. The van der Waals surface area contributed by atoms with Gasteiger partial charge in [-0.2, -0.15) is 0 Å². The highest BCUT2D eigenvalue weighted by molar-refractivity contribution is 6.02. The third-order valence-electron chi connectivity index (χ3n) is 3.00. The maximum absolute atomic E-state index is 4.65. The van der Waals surface area contributed by atoms with Gasteiger partial charge in [0.1, 0.15) is 11.5 Å². The number of amidine groups is 1. The van der Waals surface area contributed by atoms with E-state index in [1.807, 2.05) is 30.5 Å². The van der Waals surface area contributed by atoms with Gasteiger partial charge in [0.2, 0.25) is 0 Å². The molecule has 0 saturated heterocycles. The number of para-hydroxylation sites is 1. The maximum atomic E-state index is 4.65. The summed E-state index contributed by atoms with van der Waals surface area (Å²) in [7, 11) is 0. The van der Waals surface area contributed by atoms with Crippen LogP contribution in [-0.4, -0.2) is 10.8 Å². The minimum absolute atomic E-state index is 0.0175. The Labute approximate surface area is 106 Å². The summed E-state index contributed by atoms with van der Waals surface area (Å²) < 4.78 is 0. The fourth-order valence-corrected chi connectivity index (χ4v) is 1.97. The molecule has 92 valence electrons. The zero-order valence-corrected chi connectivity index (χ0v) is 10.8. The van der Waals surface area contributed by atoms with Gasteiger partial charge in [-0.05, 0) is 6.07 Å². The van der Waals surface area contributed by atoms with E-state index in [-0.39, 0.29) is 5.41 Å². The van der Waals surface area contributed by atoms with E-state index >= 15 is 0 Å². The summed E-state index contributed by atoms with van der Waals surface area (Å²) >= 11 is 0. The molecular weight excluding hydrogens is 224 g/mol. The van der Waals surface area contributed by atoms with E-state index in [1.54, 1.807) is 0 Å². The van der Waals surface area contributed by atoms with Crippen molar-refractivity contribution < 1.29 is 0 Å². The zero-order valence-electron chi connectivity index (χ0n) is 10.8. The van der Waals surface area contributed by atoms with Gasteiger partial charge in [-0.3, -0.25) is 15.8 Å². The van der Waals surface area contributed by atoms with Crippen LogP contribution in [0.4, 0.5) is 11.4 Å². The lowest BCUT2D eigenvalue weighted by Crippen LogP contribution is -2.40. The van der Waals surface area contributed by atoms with Gasteiger partial charge in [-0.25, -0.2) is 4.99 Å². The van der Waals surface area contributed by atoms with Crippen LogP contribution in [-0.2, 0) is 0 Å². The van der Waals surface area contributed by atoms with Gasteiger partial charge < -0.3 is 0 Å². The standard InChI is InChI=1S/C14H16N4/c1-14(2,3)13-16-11-8-15-10-7-5-4-6-9(10)12(11)17-18-13/h4-8,17H,1-3H3,(H,16,18). The molecule has 2 heterocycles. The summed E-state index contributed by atoms with van der Waals surface area (Å²) in [5.74, 6) is 0.923. The van der Waals surface area contributed by atoms with Crippen LogP contribution < -0.4 is 10.9 Å². The SMILES string of the molecule is CC(C)(C)C1=Nc2cnc3ccccc3c2NN1. The van der Waals surface area contributed by atoms with Gasteiger partial charge in [-0.1, -0.05) is 39.0 Å². The Balaban J connectivity index is 2.19. The van der Waals surface area contributed by atoms with Crippen molar-refractivity contribution in [3.05, 3.63) is 30.5 Å². The molecule has 2 N–H and O–H groups in total. The van der Waals surface area contributed by atoms with Gasteiger partial charge in [0.25, 0.3) is 0 Å². The number of nitrogens with zero attached hydrogens (tertiary/aromatic N) is 2. The quantitative estimate of drug-likeness (QED) is 0.743. The first kappa shape index (κ1) is 11.0. The molecular formula is C14H16N4. The number of benzene rings is 1. The molecule has 0 spiro atoms. The maximum Gasteiger partial charge on any atom is 0.126 e. The van der Waals surface area contributed by atoms with Crippen molar-refractivity contribution in [2.75, 3.05) is 5.43 Å². The molecule has 1 aliphatic heterocycles. The molecule has 3 rings (SSSR count). The molecule has 0 aliphatic carbocycles. The number of hydrogen-bond donors (Lipinski definition) is 2. The van der Waals surface area contributed by atoms with Crippen molar-refractivity contribution in [2.24, 2.45) is 10.4 Å². The van der Waals surface area contributed by atoms with E-state index in [4.69, 9.17) is 0 Å². The molecule has 18 heavy (non-hydrogen) atoms. The van der Waals surface area contributed by atoms with Gasteiger partial charge >= 0.3 is 0 Å². The molecule has 1 aromatic heterocycles. The second kappa shape index (κ2) is 3.70. The van der Waals surface area contributed by atoms with Crippen molar-refractivity contribution in [3.63, 3.8) is 0 Å². The zero-order chi connectivity index (χ0) is 12.8. The Morgan fingerprint density at radius 3 is 2.61 bits per heavy atom.